The van der Waals surface area contributed by atoms with Gasteiger partial charge in [-0.1, -0.05) is 0 Å². The first-order valence-corrected chi connectivity index (χ1v) is 6.30. The molecule has 108 valence electrons. The van der Waals surface area contributed by atoms with Crippen molar-refractivity contribution in [2.45, 2.75) is 26.1 Å². The number of anilines is 1. The minimum Gasteiger partial charge on any atom is -0.444 e. The summed E-state index contributed by atoms with van der Waals surface area (Å²) in [4.78, 5) is 13.5. The summed E-state index contributed by atoms with van der Waals surface area (Å²) in [5.74, 6) is 0.383. The molecule has 0 saturated carbocycles. The molecule has 0 radical (unpaired) electrons. The zero-order chi connectivity index (χ0) is 14.9. The van der Waals surface area contributed by atoms with Gasteiger partial charge in [0, 0.05) is 18.7 Å². The second-order valence-electron chi connectivity index (χ2n) is 4.98. The Morgan fingerprint density at radius 2 is 2.05 bits per heavy atom. The molecule has 1 fully saturated rings. The van der Waals surface area contributed by atoms with E-state index in [4.69, 9.17) is 9.68 Å². The maximum absolute atomic E-state index is 11.9. The SMILES string of the molecule is Cc1oc(NC(=O)CN2C[C@@H](O)[C@@H](O)C2)c(C#N)c1C. The van der Waals surface area contributed by atoms with Crippen molar-refractivity contribution in [1.82, 2.24) is 4.90 Å². The van der Waals surface area contributed by atoms with Gasteiger partial charge in [0.2, 0.25) is 11.8 Å². The molecule has 7 nitrogen and oxygen atoms in total. The summed E-state index contributed by atoms with van der Waals surface area (Å²) in [5, 5.41) is 30.4. The lowest BCUT2D eigenvalue weighted by Gasteiger charge is -2.13. The Hall–Kier alpha value is -1.88. The van der Waals surface area contributed by atoms with Crippen LogP contribution >= 0.6 is 0 Å². The fraction of sp³-hybridized carbons (Fsp3) is 0.538. The van der Waals surface area contributed by atoms with E-state index >= 15 is 0 Å². The average molecular weight is 279 g/mol. The van der Waals surface area contributed by atoms with Crippen molar-refractivity contribution in [3.63, 3.8) is 0 Å². The van der Waals surface area contributed by atoms with Crippen LogP contribution in [0.25, 0.3) is 0 Å². The number of rotatable bonds is 3. The van der Waals surface area contributed by atoms with Gasteiger partial charge in [0.15, 0.2) is 0 Å². The summed E-state index contributed by atoms with van der Waals surface area (Å²) in [5.41, 5.74) is 1.02. The number of nitrogens with zero attached hydrogens (tertiary/aromatic N) is 2. The van der Waals surface area contributed by atoms with Gasteiger partial charge < -0.3 is 14.6 Å². The summed E-state index contributed by atoms with van der Waals surface area (Å²) in [6.45, 7) is 3.99. The number of aryl methyl sites for hydroxylation is 1. The quantitative estimate of drug-likeness (QED) is 0.703. The summed E-state index contributed by atoms with van der Waals surface area (Å²) in [6.07, 6.45) is -1.66. The summed E-state index contributed by atoms with van der Waals surface area (Å²) in [6, 6.07) is 2.00. The number of aliphatic hydroxyl groups excluding tert-OH is 2. The van der Waals surface area contributed by atoms with Gasteiger partial charge in [-0.3, -0.25) is 15.0 Å². The normalized spacial score (nSPS) is 22.8. The monoisotopic (exact) mass is 279 g/mol. The van der Waals surface area contributed by atoms with Gasteiger partial charge in [-0.05, 0) is 13.8 Å². The zero-order valence-corrected chi connectivity index (χ0v) is 11.4. The van der Waals surface area contributed by atoms with Gasteiger partial charge in [-0.25, -0.2) is 0 Å². The van der Waals surface area contributed by atoms with Gasteiger partial charge in [0.05, 0.1) is 18.8 Å². The third kappa shape index (κ3) is 2.82. The number of hydrogen-bond donors (Lipinski definition) is 3. The molecule has 1 saturated heterocycles. The van der Waals surface area contributed by atoms with Gasteiger partial charge in [0.25, 0.3) is 0 Å². The van der Waals surface area contributed by atoms with Crippen molar-refractivity contribution in [2.24, 2.45) is 0 Å². The lowest BCUT2D eigenvalue weighted by atomic mass is 10.2. The van der Waals surface area contributed by atoms with E-state index in [1.807, 2.05) is 6.07 Å². The molecule has 2 atom stereocenters. The molecule has 1 amide bonds. The first-order chi connectivity index (χ1) is 9.42. The molecule has 2 rings (SSSR count). The smallest absolute Gasteiger partial charge is 0.240 e. The number of nitrogens with one attached hydrogen (secondary N) is 1. The van der Waals surface area contributed by atoms with Crippen LogP contribution in [0.5, 0.6) is 0 Å². The molecule has 7 heteroatoms. The second-order valence-corrected chi connectivity index (χ2v) is 4.98. The lowest BCUT2D eigenvalue weighted by Crippen LogP contribution is -2.32. The highest BCUT2D eigenvalue weighted by atomic mass is 16.4. The number of aliphatic hydroxyl groups is 2. The number of furan rings is 1. The van der Waals surface area contributed by atoms with Crippen molar-refractivity contribution < 1.29 is 19.4 Å². The third-order valence-electron chi connectivity index (χ3n) is 3.45. The van der Waals surface area contributed by atoms with Crippen molar-refractivity contribution >= 4 is 11.8 Å². The highest BCUT2D eigenvalue weighted by molar-refractivity contribution is 5.92. The van der Waals surface area contributed by atoms with E-state index in [0.717, 1.165) is 0 Å². The number of carbonyl (C=O) groups excluding carboxylic acids is 1. The molecular weight excluding hydrogens is 262 g/mol. The Bertz CT molecular complexity index is 551. The molecule has 0 spiro atoms. The largest absolute Gasteiger partial charge is 0.444 e. The van der Waals surface area contributed by atoms with Crippen molar-refractivity contribution in [2.75, 3.05) is 25.0 Å². The fourth-order valence-corrected chi connectivity index (χ4v) is 2.19. The predicted molar refractivity (Wildman–Crippen MR) is 70.0 cm³/mol. The van der Waals surface area contributed by atoms with Crippen LogP contribution in [-0.4, -0.2) is 52.9 Å². The molecule has 20 heavy (non-hydrogen) atoms. The van der Waals surface area contributed by atoms with Crippen LogP contribution in [-0.2, 0) is 4.79 Å². The number of carbonyl (C=O) groups is 1. The Labute approximate surface area is 116 Å². The average Bonchev–Trinajstić information content (AvgIpc) is 2.80. The van der Waals surface area contributed by atoms with Crippen molar-refractivity contribution in [3.8, 4) is 6.07 Å². The maximum atomic E-state index is 11.9. The molecule has 1 aliphatic heterocycles. The van der Waals surface area contributed by atoms with E-state index in [1.54, 1.807) is 18.7 Å². The van der Waals surface area contributed by atoms with E-state index in [2.05, 4.69) is 5.32 Å². The van der Waals surface area contributed by atoms with Crippen LogP contribution in [0.4, 0.5) is 5.88 Å². The standard InChI is InChI=1S/C13H17N3O4/c1-7-8(2)20-13(9(7)3-14)15-12(19)6-16-4-10(17)11(18)5-16/h10-11,17-18H,4-6H2,1-2H3,(H,15,19)/t10-,11+. The topological polar surface area (TPSA) is 110 Å². The van der Waals surface area contributed by atoms with E-state index in [-0.39, 0.29) is 31.4 Å². The first-order valence-electron chi connectivity index (χ1n) is 6.30. The van der Waals surface area contributed by atoms with Crippen molar-refractivity contribution in [3.05, 3.63) is 16.9 Å². The Balaban J connectivity index is 1.99. The van der Waals surface area contributed by atoms with Crippen LogP contribution in [0.3, 0.4) is 0 Å². The van der Waals surface area contributed by atoms with Crippen LogP contribution in [0, 0.1) is 25.2 Å². The van der Waals surface area contributed by atoms with Crippen LogP contribution in [0.1, 0.15) is 16.9 Å². The summed E-state index contributed by atoms with van der Waals surface area (Å²) < 4.78 is 5.34. The number of amides is 1. The Morgan fingerprint density at radius 1 is 1.45 bits per heavy atom. The number of hydrogen-bond acceptors (Lipinski definition) is 6. The molecular formula is C13H17N3O4. The number of nitriles is 1. The molecule has 1 aromatic heterocycles. The summed E-state index contributed by atoms with van der Waals surface area (Å²) in [7, 11) is 0. The van der Waals surface area contributed by atoms with Crippen LogP contribution in [0.15, 0.2) is 4.42 Å². The van der Waals surface area contributed by atoms with Gasteiger partial charge in [-0.2, -0.15) is 5.26 Å². The van der Waals surface area contributed by atoms with Gasteiger partial charge in [0.1, 0.15) is 17.4 Å². The Kier molecular flexibility index (Phi) is 4.09. The Morgan fingerprint density at radius 3 is 2.60 bits per heavy atom. The molecule has 3 N–H and O–H groups in total. The molecule has 0 aromatic carbocycles. The minimum atomic E-state index is -0.828. The molecule has 2 heterocycles. The molecule has 0 aliphatic carbocycles. The zero-order valence-electron chi connectivity index (χ0n) is 11.4. The molecule has 1 aliphatic rings. The maximum Gasteiger partial charge on any atom is 0.240 e. The lowest BCUT2D eigenvalue weighted by molar-refractivity contribution is -0.117. The minimum absolute atomic E-state index is 0.0256. The summed E-state index contributed by atoms with van der Waals surface area (Å²) >= 11 is 0. The van der Waals surface area contributed by atoms with E-state index in [0.29, 0.717) is 16.9 Å². The highest BCUT2D eigenvalue weighted by Gasteiger charge is 2.30. The van der Waals surface area contributed by atoms with E-state index in [9.17, 15) is 15.0 Å². The number of β-amino-alcohol motifs (C(OH)–C–C–N with tert-alkyl or cyclic N) is 2. The van der Waals surface area contributed by atoms with E-state index < -0.39 is 12.2 Å². The molecule has 0 unspecified atom stereocenters. The van der Waals surface area contributed by atoms with Crippen LogP contribution < -0.4 is 5.32 Å². The second kappa shape index (κ2) is 5.63. The van der Waals surface area contributed by atoms with Gasteiger partial charge in [-0.15, -0.1) is 0 Å². The molecule has 1 aromatic rings. The van der Waals surface area contributed by atoms with Gasteiger partial charge >= 0.3 is 0 Å². The van der Waals surface area contributed by atoms with E-state index in [1.165, 1.54) is 0 Å². The molecule has 0 bridgehead atoms. The fourth-order valence-electron chi connectivity index (χ4n) is 2.19. The predicted octanol–water partition coefficient (Wildman–Crippen LogP) is -0.256. The highest BCUT2D eigenvalue weighted by Crippen LogP contribution is 2.25. The van der Waals surface area contributed by atoms with Crippen LogP contribution in [0.2, 0.25) is 0 Å². The van der Waals surface area contributed by atoms with Crippen molar-refractivity contribution in [1.29, 1.82) is 5.26 Å². The number of likely N-dealkylation sites (tertiary alicyclic amines) is 1. The first kappa shape index (κ1) is 14.5. The third-order valence-corrected chi connectivity index (χ3v) is 3.45.